The number of anilines is 1. The number of nitrogens with one attached hydrogen (secondary N) is 1. The highest BCUT2D eigenvalue weighted by molar-refractivity contribution is 8.00. The maximum atomic E-state index is 12.8. The third-order valence-corrected chi connectivity index (χ3v) is 6.71. The van der Waals surface area contributed by atoms with Crippen molar-refractivity contribution in [2.24, 2.45) is 0 Å². The van der Waals surface area contributed by atoms with Crippen molar-refractivity contribution in [3.05, 3.63) is 71.6 Å². The summed E-state index contributed by atoms with van der Waals surface area (Å²) in [4.78, 5) is 17.4. The number of thiophene rings is 1. The first-order valence-corrected chi connectivity index (χ1v) is 11.3. The molecule has 0 radical (unpaired) electrons. The van der Waals surface area contributed by atoms with Gasteiger partial charge in [0.25, 0.3) is 0 Å². The predicted octanol–water partition coefficient (Wildman–Crippen LogP) is 5.96. The molecule has 31 heavy (non-hydrogen) atoms. The Morgan fingerprint density at radius 2 is 1.94 bits per heavy atom. The lowest BCUT2D eigenvalue weighted by Gasteiger charge is -2.11. The molecule has 5 nitrogen and oxygen atoms in total. The lowest BCUT2D eigenvalue weighted by atomic mass is 10.0. The molecule has 0 saturated carbocycles. The number of ether oxygens (including phenoxy) is 1. The third-order valence-electron chi connectivity index (χ3n) is 4.78. The second kappa shape index (κ2) is 9.21. The summed E-state index contributed by atoms with van der Waals surface area (Å²) in [7, 11) is 1.61. The van der Waals surface area contributed by atoms with Crippen LogP contribution in [0.25, 0.3) is 22.0 Å². The van der Waals surface area contributed by atoms with Gasteiger partial charge >= 0.3 is 0 Å². The molecule has 0 bridgehead atoms. The molecule has 1 unspecified atom stereocenters. The van der Waals surface area contributed by atoms with Gasteiger partial charge in [-0.3, -0.25) is 4.79 Å². The van der Waals surface area contributed by atoms with E-state index in [4.69, 9.17) is 4.74 Å². The monoisotopic (exact) mass is 445 g/mol. The first kappa shape index (κ1) is 20.9. The first-order chi connectivity index (χ1) is 15.1. The van der Waals surface area contributed by atoms with Crippen LogP contribution in [0, 0.1) is 11.3 Å². The molecule has 0 aliphatic rings. The van der Waals surface area contributed by atoms with Crippen molar-refractivity contribution in [1.82, 2.24) is 4.98 Å². The standard InChI is InChI=1S/C24H19N3O2S2/c1-15(31-22-12-9-17-5-3-4-6-21(17)26-22)23(28)27-24-19(13-25)20(14-30-24)16-7-10-18(29-2)11-8-16/h3-12,14-15H,1-2H3,(H,27,28). The number of hydrogen-bond donors (Lipinski definition) is 1. The molecule has 1 atom stereocenters. The van der Waals surface area contributed by atoms with Crippen molar-refractivity contribution >= 4 is 44.9 Å². The molecule has 2 heterocycles. The number of hydrogen-bond acceptors (Lipinski definition) is 6. The van der Waals surface area contributed by atoms with E-state index in [1.807, 2.05) is 73.0 Å². The zero-order chi connectivity index (χ0) is 21.8. The van der Waals surface area contributed by atoms with E-state index in [1.54, 1.807) is 7.11 Å². The van der Waals surface area contributed by atoms with Gasteiger partial charge in [-0.25, -0.2) is 4.98 Å². The number of rotatable bonds is 6. The van der Waals surface area contributed by atoms with Gasteiger partial charge in [0.1, 0.15) is 16.8 Å². The van der Waals surface area contributed by atoms with E-state index in [9.17, 15) is 10.1 Å². The highest BCUT2D eigenvalue weighted by Gasteiger charge is 2.20. The van der Waals surface area contributed by atoms with Gasteiger partial charge < -0.3 is 10.1 Å². The zero-order valence-electron chi connectivity index (χ0n) is 17.0. The van der Waals surface area contributed by atoms with Gasteiger partial charge in [-0.2, -0.15) is 5.26 Å². The zero-order valence-corrected chi connectivity index (χ0v) is 18.6. The minimum atomic E-state index is -0.369. The Labute approximate surface area is 188 Å². The molecule has 4 rings (SSSR count). The molecule has 0 fully saturated rings. The smallest absolute Gasteiger partial charge is 0.238 e. The van der Waals surface area contributed by atoms with E-state index in [0.717, 1.165) is 32.8 Å². The Morgan fingerprint density at radius 1 is 1.16 bits per heavy atom. The van der Waals surface area contributed by atoms with Crippen LogP contribution in [0.4, 0.5) is 5.00 Å². The van der Waals surface area contributed by atoms with Gasteiger partial charge in [0.05, 0.1) is 28.5 Å². The van der Waals surface area contributed by atoms with Crippen LogP contribution in [0.2, 0.25) is 0 Å². The number of nitrogens with zero attached hydrogens (tertiary/aromatic N) is 2. The van der Waals surface area contributed by atoms with Crippen molar-refractivity contribution in [3.63, 3.8) is 0 Å². The van der Waals surface area contributed by atoms with Crippen LogP contribution in [0.1, 0.15) is 12.5 Å². The molecular weight excluding hydrogens is 426 g/mol. The van der Waals surface area contributed by atoms with E-state index < -0.39 is 0 Å². The number of carbonyl (C=O) groups excluding carboxylic acids is 1. The van der Waals surface area contributed by atoms with E-state index in [2.05, 4.69) is 16.4 Å². The van der Waals surface area contributed by atoms with Crippen LogP contribution in [-0.4, -0.2) is 23.3 Å². The number of carbonyl (C=O) groups is 1. The maximum Gasteiger partial charge on any atom is 0.238 e. The molecule has 0 aliphatic carbocycles. The van der Waals surface area contributed by atoms with Crippen LogP contribution >= 0.6 is 23.1 Å². The number of benzene rings is 2. The number of fused-ring (bicyclic) bond motifs is 1. The van der Waals surface area contributed by atoms with Gasteiger partial charge in [-0.15, -0.1) is 11.3 Å². The summed E-state index contributed by atoms with van der Waals surface area (Å²) in [6.45, 7) is 1.83. The summed E-state index contributed by atoms with van der Waals surface area (Å²) in [6.07, 6.45) is 0. The fourth-order valence-corrected chi connectivity index (χ4v) is 4.85. The first-order valence-electron chi connectivity index (χ1n) is 9.58. The van der Waals surface area contributed by atoms with Gasteiger partial charge in [-0.1, -0.05) is 48.2 Å². The van der Waals surface area contributed by atoms with Crippen molar-refractivity contribution < 1.29 is 9.53 Å². The molecule has 2 aromatic heterocycles. The largest absolute Gasteiger partial charge is 0.497 e. The number of pyridine rings is 1. The molecule has 0 spiro atoms. The second-order valence-electron chi connectivity index (χ2n) is 6.79. The molecule has 1 amide bonds. The average Bonchev–Trinajstić information content (AvgIpc) is 3.21. The third kappa shape index (κ3) is 4.55. The Bertz CT molecular complexity index is 1280. The van der Waals surface area contributed by atoms with Gasteiger partial charge in [0, 0.05) is 16.3 Å². The molecule has 1 N–H and O–H groups in total. The minimum absolute atomic E-state index is 0.167. The van der Waals surface area contributed by atoms with Crippen LogP contribution in [-0.2, 0) is 4.79 Å². The SMILES string of the molecule is COc1ccc(-c2csc(NC(=O)C(C)Sc3ccc4ccccc4n3)c2C#N)cc1. The van der Waals surface area contributed by atoms with E-state index in [1.165, 1.54) is 23.1 Å². The quantitative estimate of drug-likeness (QED) is 0.371. The Balaban J connectivity index is 1.49. The predicted molar refractivity (Wildman–Crippen MR) is 127 cm³/mol. The van der Waals surface area contributed by atoms with Gasteiger partial charge in [0.2, 0.25) is 5.91 Å². The topological polar surface area (TPSA) is 75.0 Å². The average molecular weight is 446 g/mol. The molecule has 2 aromatic carbocycles. The second-order valence-corrected chi connectivity index (χ2v) is 9.03. The van der Waals surface area contributed by atoms with Crippen LogP contribution in [0.15, 0.2) is 71.1 Å². The summed E-state index contributed by atoms with van der Waals surface area (Å²) in [5.74, 6) is 0.582. The normalized spacial score (nSPS) is 11.6. The number of para-hydroxylation sites is 1. The van der Waals surface area contributed by atoms with Crippen LogP contribution < -0.4 is 10.1 Å². The Hall–Kier alpha value is -3.34. The number of methoxy groups -OCH3 is 1. The molecular formula is C24H19N3O2S2. The van der Waals surface area contributed by atoms with Gasteiger partial charge in [0.15, 0.2) is 0 Å². The fraction of sp³-hybridized carbons (Fsp3) is 0.125. The van der Waals surface area contributed by atoms with E-state index >= 15 is 0 Å². The summed E-state index contributed by atoms with van der Waals surface area (Å²) >= 11 is 2.74. The molecule has 154 valence electrons. The Kier molecular flexibility index (Phi) is 6.21. The molecule has 7 heteroatoms. The highest BCUT2D eigenvalue weighted by Crippen LogP contribution is 2.36. The Morgan fingerprint density at radius 3 is 2.68 bits per heavy atom. The van der Waals surface area contributed by atoms with Gasteiger partial charge in [-0.05, 0) is 36.8 Å². The highest BCUT2D eigenvalue weighted by atomic mass is 32.2. The van der Waals surface area contributed by atoms with Crippen molar-refractivity contribution in [1.29, 1.82) is 5.26 Å². The van der Waals surface area contributed by atoms with Crippen molar-refractivity contribution in [2.45, 2.75) is 17.2 Å². The maximum absolute atomic E-state index is 12.8. The van der Waals surface area contributed by atoms with E-state index in [0.29, 0.717) is 10.6 Å². The summed E-state index contributed by atoms with van der Waals surface area (Å²) in [5, 5.41) is 16.5. The lowest BCUT2D eigenvalue weighted by molar-refractivity contribution is -0.115. The van der Waals surface area contributed by atoms with Crippen molar-refractivity contribution in [3.8, 4) is 22.9 Å². The fourth-order valence-electron chi connectivity index (χ4n) is 3.11. The number of aromatic nitrogens is 1. The summed E-state index contributed by atoms with van der Waals surface area (Å²) in [5.41, 5.74) is 3.05. The summed E-state index contributed by atoms with van der Waals surface area (Å²) in [6, 6.07) is 21.5. The molecule has 0 aliphatic heterocycles. The molecule has 0 saturated heterocycles. The molecule has 4 aromatic rings. The van der Waals surface area contributed by atoms with Crippen LogP contribution in [0.5, 0.6) is 5.75 Å². The minimum Gasteiger partial charge on any atom is -0.497 e. The van der Waals surface area contributed by atoms with E-state index in [-0.39, 0.29) is 11.2 Å². The van der Waals surface area contributed by atoms with Crippen molar-refractivity contribution in [2.75, 3.05) is 12.4 Å². The number of amides is 1. The number of thioether (sulfide) groups is 1. The number of nitriles is 1. The summed E-state index contributed by atoms with van der Waals surface area (Å²) < 4.78 is 5.19. The lowest BCUT2D eigenvalue weighted by Crippen LogP contribution is -2.22. The van der Waals surface area contributed by atoms with Crippen LogP contribution in [0.3, 0.4) is 0 Å².